The Hall–Kier alpha value is -2.21. The maximum atomic E-state index is 12.6. The van der Waals surface area contributed by atoms with Crippen molar-refractivity contribution in [1.29, 1.82) is 0 Å². The average molecular weight is 345 g/mol. The zero-order chi connectivity index (χ0) is 16.7. The number of amides is 2. The molecule has 24 heavy (non-hydrogen) atoms. The minimum absolute atomic E-state index is 0.148. The first kappa shape index (κ1) is 15.3. The van der Waals surface area contributed by atoms with E-state index in [2.05, 4.69) is 10.1 Å². The lowest BCUT2D eigenvalue weighted by molar-refractivity contribution is -0.122. The Morgan fingerprint density at radius 3 is 2.50 bits per heavy atom. The van der Waals surface area contributed by atoms with E-state index in [-0.39, 0.29) is 29.6 Å². The first-order chi connectivity index (χ1) is 11.6. The number of fused-ring (bicyclic) bond motifs is 1. The normalized spacial score (nSPS) is 23.6. The van der Waals surface area contributed by atoms with Crippen molar-refractivity contribution in [3.63, 3.8) is 0 Å². The molecule has 2 heterocycles. The third-order valence-corrected chi connectivity index (χ3v) is 5.03. The van der Waals surface area contributed by atoms with Gasteiger partial charge in [-0.2, -0.15) is 4.98 Å². The van der Waals surface area contributed by atoms with Crippen LogP contribution in [-0.4, -0.2) is 26.6 Å². The Balaban J connectivity index is 1.56. The molecule has 2 aliphatic rings. The number of carbonyl (C=O) groups is 2. The number of hydrogen-bond acceptors (Lipinski definition) is 4. The second-order valence-corrected chi connectivity index (χ2v) is 6.82. The maximum Gasteiger partial charge on any atom is 0.258 e. The van der Waals surface area contributed by atoms with Gasteiger partial charge in [0.1, 0.15) is 6.33 Å². The molecule has 0 spiro atoms. The summed E-state index contributed by atoms with van der Waals surface area (Å²) in [5.41, 5.74) is 0.978. The van der Waals surface area contributed by atoms with Gasteiger partial charge in [0.25, 0.3) is 5.95 Å². The highest BCUT2D eigenvalue weighted by molar-refractivity contribution is 6.30. The summed E-state index contributed by atoms with van der Waals surface area (Å²) in [5.74, 6) is -0.492. The topological polar surface area (TPSA) is 68.1 Å². The number of imide groups is 1. The van der Waals surface area contributed by atoms with Crippen molar-refractivity contribution in [2.45, 2.75) is 32.2 Å². The summed E-state index contributed by atoms with van der Waals surface area (Å²) >= 11 is 5.99. The third-order valence-electron chi connectivity index (χ3n) is 4.80. The van der Waals surface area contributed by atoms with Gasteiger partial charge in [-0.15, -0.1) is 5.10 Å². The summed E-state index contributed by atoms with van der Waals surface area (Å²) in [6.45, 7) is 0.483. The number of rotatable bonds is 3. The summed E-state index contributed by atoms with van der Waals surface area (Å²) in [5, 5.41) is 4.98. The molecule has 0 bridgehead atoms. The van der Waals surface area contributed by atoms with Crippen LogP contribution in [-0.2, 0) is 16.1 Å². The van der Waals surface area contributed by atoms with Crippen LogP contribution in [0, 0.1) is 11.8 Å². The third kappa shape index (κ3) is 2.60. The number of carbonyl (C=O) groups excluding carboxylic acids is 2. The number of hydrogen-bond donors (Lipinski definition) is 0. The fourth-order valence-electron chi connectivity index (χ4n) is 3.65. The van der Waals surface area contributed by atoms with Crippen LogP contribution in [0.15, 0.2) is 30.6 Å². The molecule has 7 heteroatoms. The molecule has 1 aliphatic carbocycles. The Morgan fingerprint density at radius 2 is 1.83 bits per heavy atom. The fraction of sp³-hybridized carbons (Fsp3) is 0.412. The molecule has 0 N–H and O–H groups in total. The summed E-state index contributed by atoms with van der Waals surface area (Å²) in [6, 6.07) is 7.46. The van der Waals surface area contributed by atoms with Gasteiger partial charge >= 0.3 is 0 Å². The molecular formula is C17H17ClN4O2. The van der Waals surface area contributed by atoms with Crippen molar-refractivity contribution >= 4 is 29.4 Å². The van der Waals surface area contributed by atoms with E-state index in [4.69, 9.17) is 11.6 Å². The molecule has 2 atom stereocenters. The summed E-state index contributed by atoms with van der Waals surface area (Å²) < 4.78 is 1.61. The molecule has 124 valence electrons. The molecule has 2 fully saturated rings. The van der Waals surface area contributed by atoms with Gasteiger partial charge in [0.05, 0.1) is 18.4 Å². The molecule has 1 saturated carbocycles. The van der Waals surface area contributed by atoms with E-state index in [1.54, 1.807) is 17.1 Å². The number of anilines is 1. The molecule has 2 aromatic rings. The van der Waals surface area contributed by atoms with Gasteiger partial charge in [0.2, 0.25) is 11.8 Å². The van der Waals surface area contributed by atoms with Crippen molar-refractivity contribution in [1.82, 2.24) is 14.8 Å². The van der Waals surface area contributed by atoms with Crippen LogP contribution >= 0.6 is 11.6 Å². The Kier molecular flexibility index (Phi) is 3.84. The Bertz CT molecular complexity index is 779. The highest BCUT2D eigenvalue weighted by Crippen LogP contribution is 2.39. The van der Waals surface area contributed by atoms with Crippen LogP contribution in [0.4, 0.5) is 5.95 Å². The van der Waals surface area contributed by atoms with Gasteiger partial charge in [0, 0.05) is 5.02 Å². The van der Waals surface area contributed by atoms with E-state index < -0.39 is 0 Å². The monoisotopic (exact) mass is 344 g/mol. The maximum absolute atomic E-state index is 12.6. The predicted octanol–water partition coefficient (Wildman–Crippen LogP) is 2.66. The number of aromatic nitrogens is 3. The van der Waals surface area contributed by atoms with Gasteiger partial charge in [0.15, 0.2) is 0 Å². The zero-order valence-electron chi connectivity index (χ0n) is 13.1. The van der Waals surface area contributed by atoms with Crippen LogP contribution in [0.25, 0.3) is 0 Å². The van der Waals surface area contributed by atoms with E-state index in [1.165, 1.54) is 4.90 Å². The number of nitrogens with zero attached hydrogens (tertiary/aromatic N) is 4. The average Bonchev–Trinajstić information content (AvgIpc) is 3.11. The van der Waals surface area contributed by atoms with E-state index >= 15 is 0 Å². The van der Waals surface area contributed by atoms with Crippen LogP contribution in [0.2, 0.25) is 5.02 Å². The van der Waals surface area contributed by atoms with Crippen LogP contribution in [0.5, 0.6) is 0 Å². The van der Waals surface area contributed by atoms with Crippen molar-refractivity contribution < 1.29 is 9.59 Å². The minimum atomic E-state index is -0.189. The molecule has 4 rings (SSSR count). The Morgan fingerprint density at radius 1 is 1.12 bits per heavy atom. The van der Waals surface area contributed by atoms with Crippen molar-refractivity contribution in [3.05, 3.63) is 41.2 Å². The zero-order valence-corrected chi connectivity index (χ0v) is 13.8. The highest BCUT2D eigenvalue weighted by Gasteiger charge is 2.50. The highest BCUT2D eigenvalue weighted by atomic mass is 35.5. The standard InChI is InChI=1S/C17H17ClN4O2/c18-12-5-3-4-11(8-12)9-21-10-19-17(20-21)22-15(23)13-6-1-2-7-14(13)16(22)24/h3-5,8,10,13-14H,1-2,6-7,9H2. The van der Waals surface area contributed by atoms with Crippen LogP contribution in [0.1, 0.15) is 31.2 Å². The van der Waals surface area contributed by atoms with E-state index in [0.29, 0.717) is 11.6 Å². The smallest absolute Gasteiger partial charge is 0.258 e. The van der Waals surface area contributed by atoms with Gasteiger partial charge in [-0.3, -0.25) is 9.59 Å². The Labute approximate surface area is 144 Å². The molecule has 1 aliphatic heterocycles. The first-order valence-corrected chi connectivity index (χ1v) is 8.53. The first-order valence-electron chi connectivity index (χ1n) is 8.15. The summed E-state index contributed by atoms with van der Waals surface area (Å²) in [4.78, 5) is 30.5. The lowest BCUT2D eigenvalue weighted by Gasteiger charge is -2.19. The number of benzene rings is 1. The van der Waals surface area contributed by atoms with E-state index in [0.717, 1.165) is 31.2 Å². The summed E-state index contributed by atoms with van der Waals surface area (Å²) in [6.07, 6.45) is 5.12. The predicted molar refractivity (Wildman–Crippen MR) is 88.5 cm³/mol. The van der Waals surface area contributed by atoms with Crippen LogP contribution < -0.4 is 4.90 Å². The number of halogens is 1. The molecule has 1 saturated heterocycles. The van der Waals surface area contributed by atoms with Crippen molar-refractivity contribution in [2.75, 3.05) is 4.90 Å². The van der Waals surface area contributed by atoms with E-state index in [9.17, 15) is 9.59 Å². The molecule has 1 aromatic heterocycles. The van der Waals surface area contributed by atoms with Crippen molar-refractivity contribution in [2.24, 2.45) is 11.8 Å². The van der Waals surface area contributed by atoms with Crippen LogP contribution in [0.3, 0.4) is 0 Å². The molecular weight excluding hydrogens is 328 g/mol. The largest absolute Gasteiger partial charge is 0.274 e. The van der Waals surface area contributed by atoms with Gasteiger partial charge in [-0.1, -0.05) is 36.6 Å². The lowest BCUT2D eigenvalue weighted by atomic mass is 9.81. The summed E-state index contributed by atoms with van der Waals surface area (Å²) in [7, 11) is 0. The second-order valence-electron chi connectivity index (χ2n) is 6.38. The van der Waals surface area contributed by atoms with Gasteiger partial charge in [-0.25, -0.2) is 9.58 Å². The second kappa shape index (κ2) is 6.02. The van der Waals surface area contributed by atoms with Gasteiger partial charge in [-0.05, 0) is 30.5 Å². The molecule has 6 nitrogen and oxygen atoms in total. The molecule has 2 amide bonds. The molecule has 1 aromatic carbocycles. The van der Waals surface area contributed by atoms with Gasteiger partial charge < -0.3 is 0 Å². The molecule has 0 radical (unpaired) electrons. The lowest BCUT2D eigenvalue weighted by Crippen LogP contribution is -2.32. The molecule has 2 unspecified atom stereocenters. The fourth-order valence-corrected chi connectivity index (χ4v) is 3.86. The van der Waals surface area contributed by atoms with Crippen molar-refractivity contribution in [3.8, 4) is 0 Å². The minimum Gasteiger partial charge on any atom is -0.274 e. The SMILES string of the molecule is O=C1C2CCCCC2C(=O)N1c1ncn(Cc2cccc(Cl)c2)n1. The quantitative estimate of drug-likeness (QED) is 0.803. The van der Waals surface area contributed by atoms with E-state index in [1.807, 2.05) is 18.2 Å².